The van der Waals surface area contributed by atoms with Gasteiger partial charge in [-0.25, -0.2) is 8.42 Å². The quantitative estimate of drug-likeness (QED) is 0.453. The van der Waals surface area contributed by atoms with Gasteiger partial charge in [-0.05, 0) is 30.5 Å². The van der Waals surface area contributed by atoms with Crippen LogP contribution in [0.3, 0.4) is 0 Å². The molecule has 2 aliphatic rings. The van der Waals surface area contributed by atoms with Gasteiger partial charge in [-0.2, -0.15) is 4.31 Å². The molecule has 2 saturated heterocycles. The lowest BCUT2D eigenvalue weighted by Gasteiger charge is -2.37. The zero-order valence-corrected chi connectivity index (χ0v) is 19.6. The Morgan fingerprint density at radius 1 is 1.00 bits per heavy atom. The third-order valence-electron chi connectivity index (χ3n) is 6.11. The van der Waals surface area contributed by atoms with Crippen LogP contribution in [0.2, 0.25) is 5.02 Å². The van der Waals surface area contributed by atoms with Gasteiger partial charge >= 0.3 is 0 Å². The Morgan fingerprint density at radius 3 is 2.30 bits per heavy atom. The van der Waals surface area contributed by atoms with Gasteiger partial charge in [-0.15, -0.1) is 0 Å². The summed E-state index contributed by atoms with van der Waals surface area (Å²) >= 11 is 6.17. The predicted molar refractivity (Wildman–Crippen MR) is 125 cm³/mol. The van der Waals surface area contributed by atoms with Crippen LogP contribution in [0.4, 0.5) is 11.4 Å². The van der Waals surface area contributed by atoms with E-state index in [9.17, 15) is 23.3 Å². The van der Waals surface area contributed by atoms with E-state index >= 15 is 0 Å². The van der Waals surface area contributed by atoms with E-state index in [0.717, 1.165) is 24.5 Å². The summed E-state index contributed by atoms with van der Waals surface area (Å²) < 4.78 is 27.9. The lowest BCUT2D eigenvalue weighted by molar-refractivity contribution is -0.385. The number of halogens is 1. The molecule has 0 unspecified atom stereocenters. The average Bonchev–Trinajstić information content (AvgIpc) is 3.36. The number of benzene rings is 2. The number of nitro benzene ring substituents is 1. The molecule has 11 heteroatoms. The SMILES string of the molecule is O=C(Cc1ccccc1Cl)N1CCN(c2ccc([N+](=O)[O-])cc2S(=O)(=O)N2CCCC2)CC1. The molecule has 2 heterocycles. The lowest BCUT2D eigenvalue weighted by Crippen LogP contribution is -2.49. The van der Waals surface area contributed by atoms with Crippen molar-refractivity contribution >= 4 is 38.9 Å². The highest BCUT2D eigenvalue weighted by Crippen LogP contribution is 2.33. The number of hydrogen-bond donors (Lipinski definition) is 0. The third-order valence-corrected chi connectivity index (χ3v) is 8.41. The van der Waals surface area contributed by atoms with Crippen LogP contribution < -0.4 is 4.90 Å². The second-order valence-corrected chi connectivity index (χ2v) is 10.5. The Labute approximate surface area is 197 Å². The summed E-state index contributed by atoms with van der Waals surface area (Å²) in [6.07, 6.45) is 1.75. The van der Waals surface area contributed by atoms with Crippen LogP contribution in [0, 0.1) is 10.1 Å². The van der Waals surface area contributed by atoms with E-state index in [2.05, 4.69) is 0 Å². The smallest absolute Gasteiger partial charge is 0.270 e. The molecule has 176 valence electrons. The van der Waals surface area contributed by atoms with E-state index in [1.54, 1.807) is 11.0 Å². The minimum Gasteiger partial charge on any atom is -0.367 e. The molecule has 2 fully saturated rings. The van der Waals surface area contributed by atoms with E-state index in [0.29, 0.717) is 50.0 Å². The number of amides is 1. The Hall–Kier alpha value is -2.69. The first kappa shape index (κ1) is 23.5. The summed E-state index contributed by atoms with van der Waals surface area (Å²) in [4.78, 5) is 27.0. The van der Waals surface area contributed by atoms with Crippen molar-refractivity contribution in [3.63, 3.8) is 0 Å². The van der Waals surface area contributed by atoms with E-state index in [4.69, 9.17) is 11.6 Å². The number of carbonyl (C=O) groups excluding carboxylic acids is 1. The van der Waals surface area contributed by atoms with Crippen molar-refractivity contribution in [3.05, 3.63) is 63.2 Å². The standard InChI is InChI=1S/C22H25ClN4O5S/c23-19-6-2-1-5-17(19)15-22(28)25-13-11-24(12-14-25)20-8-7-18(27(29)30)16-21(20)33(31,32)26-9-3-4-10-26/h1-2,5-8,16H,3-4,9-15H2. The number of nitro groups is 1. The molecule has 0 spiro atoms. The van der Waals surface area contributed by atoms with Gasteiger partial charge in [0.25, 0.3) is 5.69 Å². The van der Waals surface area contributed by atoms with Gasteiger partial charge in [0.05, 0.1) is 17.0 Å². The molecule has 0 N–H and O–H groups in total. The molecule has 2 aromatic carbocycles. The topological polar surface area (TPSA) is 104 Å². The lowest BCUT2D eigenvalue weighted by atomic mass is 10.1. The first-order valence-electron chi connectivity index (χ1n) is 10.8. The number of nitrogens with zero attached hydrogens (tertiary/aromatic N) is 4. The molecule has 0 aromatic heterocycles. The molecular weight excluding hydrogens is 468 g/mol. The van der Waals surface area contributed by atoms with Gasteiger partial charge < -0.3 is 9.80 Å². The Balaban J connectivity index is 1.52. The first-order valence-corrected chi connectivity index (χ1v) is 12.6. The number of rotatable bonds is 6. The van der Waals surface area contributed by atoms with Crippen molar-refractivity contribution in [1.29, 1.82) is 0 Å². The second-order valence-electron chi connectivity index (χ2n) is 8.16. The highest BCUT2D eigenvalue weighted by molar-refractivity contribution is 7.89. The fourth-order valence-corrected chi connectivity index (χ4v) is 6.22. The van der Waals surface area contributed by atoms with Crippen LogP contribution in [0.5, 0.6) is 0 Å². The molecule has 4 rings (SSSR count). The van der Waals surface area contributed by atoms with Crippen LogP contribution in [0.1, 0.15) is 18.4 Å². The van der Waals surface area contributed by atoms with E-state index in [1.165, 1.54) is 16.4 Å². The maximum Gasteiger partial charge on any atom is 0.270 e. The maximum atomic E-state index is 13.3. The number of sulfonamides is 1. The van der Waals surface area contributed by atoms with Crippen LogP contribution >= 0.6 is 11.6 Å². The summed E-state index contributed by atoms with van der Waals surface area (Å²) in [5.41, 5.74) is 0.941. The van der Waals surface area contributed by atoms with Crippen LogP contribution in [-0.2, 0) is 21.2 Å². The molecular formula is C22H25ClN4O5S. The molecule has 0 aliphatic carbocycles. The van der Waals surface area contributed by atoms with Crippen molar-refractivity contribution in [2.75, 3.05) is 44.2 Å². The molecule has 1 amide bonds. The number of carbonyl (C=O) groups is 1. The largest absolute Gasteiger partial charge is 0.367 e. The average molecular weight is 493 g/mol. The third kappa shape index (κ3) is 4.97. The highest BCUT2D eigenvalue weighted by atomic mass is 35.5. The van der Waals surface area contributed by atoms with E-state index in [1.807, 2.05) is 23.1 Å². The normalized spacial score (nSPS) is 17.4. The van der Waals surface area contributed by atoms with Crippen molar-refractivity contribution in [2.24, 2.45) is 0 Å². The Morgan fingerprint density at radius 2 is 1.67 bits per heavy atom. The fourth-order valence-electron chi connectivity index (χ4n) is 4.27. The van der Waals surface area contributed by atoms with Crippen LogP contribution in [0.25, 0.3) is 0 Å². The van der Waals surface area contributed by atoms with Gasteiger partial charge in [0.2, 0.25) is 15.9 Å². The molecule has 0 bridgehead atoms. The van der Waals surface area contributed by atoms with Crippen LogP contribution in [0.15, 0.2) is 47.4 Å². The van der Waals surface area contributed by atoms with Gasteiger partial charge in [0.1, 0.15) is 4.90 Å². The van der Waals surface area contributed by atoms with Crippen LogP contribution in [-0.4, -0.2) is 67.7 Å². The minimum atomic E-state index is -3.86. The Bertz CT molecular complexity index is 1160. The van der Waals surface area contributed by atoms with Crippen molar-refractivity contribution in [1.82, 2.24) is 9.21 Å². The highest BCUT2D eigenvalue weighted by Gasteiger charge is 2.33. The van der Waals surface area contributed by atoms with Crippen molar-refractivity contribution in [2.45, 2.75) is 24.2 Å². The van der Waals surface area contributed by atoms with Gasteiger partial charge in [-0.1, -0.05) is 29.8 Å². The zero-order valence-electron chi connectivity index (χ0n) is 18.0. The molecule has 0 atom stereocenters. The van der Waals surface area contributed by atoms with Gasteiger partial charge in [0.15, 0.2) is 0 Å². The molecule has 2 aliphatic heterocycles. The van der Waals surface area contributed by atoms with E-state index < -0.39 is 14.9 Å². The van der Waals surface area contributed by atoms with Crippen molar-refractivity contribution in [3.8, 4) is 0 Å². The maximum absolute atomic E-state index is 13.3. The van der Waals surface area contributed by atoms with Crippen molar-refractivity contribution < 1.29 is 18.1 Å². The zero-order chi connectivity index (χ0) is 23.6. The van der Waals surface area contributed by atoms with Gasteiger partial charge in [0, 0.05) is 56.4 Å². The second kappa shape index (κ2) is 9.66. The summed E-state index contributed by atoms with van der Waals surface area (Å²) in [5.74, 6) is -0.0450. The molecule has 33 heavy (non-hydrogen) atoms. The van der Waals surface area contributed by atoms with E-state index in [-0.39, 0.29) is 22.9 Å². The summed E-state index contributed by atoms with van der Waals surface area (Å²) in [6.45, 7) is 2.51. The summed E-state index contributed by atoms with van der Waals surface area (Å²) in [5, 5.41) is 11.9. The minimum absolute atomic E-state index is 0.0450. The monoisotopic (exact) mass is 492 g/mol. The fraction of sp³-hybridized carbons (Fsp3) is 0.409. The number of hydrogen-bond acceptors (Lipinski definition) is 6. The molecule has 9 nitrogen and oxygen atoms in total. The Kier molecular flexibility index (Phi) is 6.87. The first-order chi connectivity index (χ1) is 15.8. The molecule has 0 saturated carbocycles. The number of non-ortho nitro benzene ring substituents is 1. The molecule has 0 radical (unpaired) electrons. The predicted octanol–water partition coefficient (Wildman–Crippen LogP) is 2.92. The summed E-state index contributed by atoms with van der Waals surface area (Å²) in [7, 11) is -3.86. The summed E-state index contributed by atoms with van der Waals surface area (Å²) in [6, 6.07) is 11.2. The number of anilines is 1. The van der Waals surface area contributed by atoms with Gasteiger partial charge in [-0.3, -0.25) is 14.9 Å². The molecule has 2 aromatic rings. The number of piperazine rings is 1.